The number of amides is 11. The first-order valence-electron chi connectivity index (χ1n) is 27.9. The van der Waals surface area contributed by atoms with E-state index in [0.717, 1.165) is 0 Å². The molecule has 7 atom stereocenters. The number of benzene rings is 3. The molecule has 4 aromatic rings. The zero-order valence-electron chi connectivity index (χ0n) is 47.8. The largest absolute Gasteiger partial charge is 0.508 e. The molecular weight excluding hydrogens is 1120 g/mol. The third-order valence-electron chi connectivity index (χ3n) is 13.6. The molecule has 1 aliphatic heterocycles. The van der Waals surface area contributed by atoms with Crippen LogP contribution in [0.3, 0.4) is 0 Å². The number of nitrogens with one attached hydrogen (secondary N) is 9. The first kappa shape index (κ1) is 67.2. The minimum Gasteiger partial charge on any atom is -0.508 e. The molecule has 3 aromatic carbocycles. The number of ether oxygens (including phenoxy) is 1. The van der Waals surface area contributed by atoms with Crippen molar-refractivity contribution >= 4 is 82.0 Å². The molecule has 1 aromatic heterocycles. The molecule has 464 valence electrons. The molecule has 29 heteroatoms. The van der Waals surface area contributed by atoms with E-state index < -0.39 is 127 Å². The first-order chi connectivity index (χ1) is 41.0. The Morgan fingerprint density at radius 2 is 1.34 bits per heavy atom. The van der Waals surface area contributed by atoms with E-state index in [4.69, 9.17) is 27.7 Å². The standard InChI is InChI=1S/C57H77N15O14/c1-32(2)24-41(51(80)67-40(14-8-22-62-56(60)61)55(84)72-23-9-15-45(72)54(83)64-28-46(59)75)66-48(77)29-65-50(79)42(25-33-16-18-36(74)19-17-33)69-53(82)44(30-73)70-52(81)43(26-35-27-63-39-13-7-6-12-37(35)39)68-49(78)38(58)20-21-47(76)71-57(85)86-31-34-10-4-3-5-11-34/h3-7,10-13,16-19,27,32,38,40-45,63,73-74H,8-9,14-15,20-26,28-31,58H2,1-2H3,(H2,59,75)(H,64,83)(H,65,79)(H,66,77)(H,67,80)(H,68,78)(H,69,82)(H,70,81)(H4,60,61,62)(H,71,76,85)/t38-,40+,41+,42+,43+,44+,45+/m1/s1. The second-order valence-corrected chi connectivity index (χ2v) is 20.9. The summed E-state index contributed by atoms with van der Waals surface area (Å²) in [5.41, 5.74) is 24.7. The number of hydrogen-bond acceptors (Lipinski definition) is 16. The Morgan fingerprint density at radius 1 is 0.698 bits per heavy atom. The number of aromatic hydroxyl groups is 1. The van der Waals surface area contributed by atoms with Crippen LogP contribution < -0.4 is 65.5 Å². The van der Waals surface area contributed by atoms with Gasteiger partial charge in [-0.1, -0.05) is 74.5 Å². The summed E-state index contributed by atoms with van der Waals surface area (Å²) in [5, 5.41) is 41.0. The van der Waals surface area contributed by atoms with Gasteiger partial charge in [-0.15, -0.1) is 0 Å². The third-order valence-corrected chi connectivity index (χ3v) is 13.6. The van der Waals surface area contributed by atoms with Gasteiger partial charge in [-0.05, 0) is 79.3 Å². The Kier molecular flexibility index (Phi) is 26.2. The van der Waals surface area contributed by atoms with E-state index in [1.165, 1.54) is 29.2 Å². The molecule has 86 heavy (non-hydrogen) atoms. The number of nitrogens with two attached hydrogens (primary N) is 4. The van der Waals surface area contributed by atoms with Gasteiger partial charge in [-0.25, -0.2) is 4.79 Å². The SMILES string of the molecule is CC(C)C[C@H](NC(=O)CNC(=O)[C@H](Cc1ccc(O)cc1)NC(=O)[C@H](CO)NC(=O)[C@H](Cc1c[nH]c2ccccc12)NC(=O)[C@H](N)CCC(=O)NC(=O)OCc1ccccc1)C(=O)N[C@@H](CCCN=C(N)N)C(=O)N1CCC[C@H]1C(=O)NCC(N)=O. The van der Waals surface area contributed by atoms with Gasteiger partial charge >= 0.3 is 6.09 Å². The Morgan fingerprint density at radius 3 is 2.02 bits per heavy atom. The lowest BCUT2D eigenvalue weighted by atomic mass is 10.0. The molecule has 0 bridgehead atoms. The van der Waals surface area contributed by atoms with E-state index in [-0.39, 0.29) is 88.7 Å². The third kappa shape index (κ3) is 21.8. The van der Waals surface area contributed by atoms with E-state index in [9.17, 15) is 63.0 Å². The van der Waals surface area contributed by atoms with Gasteiger partial charge in [0.1, 0.15) is 48.6 Å². The van der Waals surface area contributed by atoms with Crippen LogP contribution in [0.25, 0.3) is 10.9 Å². The highest BCUT2D eigenvalue weighted by Gasteiger charge is 2.39. The maximum absolute atomic E-state index is 14.2. The number of guanidine groups is 1. The average molecular weight is 1200 g/mol. The van der Waals surface area contributed by atoms with Gasteiger partial charge in [0.15, 0.2) is 5.96 Å². The van der Waals surface area contributed by atoms with Gasteiger partial charge in [-0.2, -0.15) is 0 Å². The molecule has 5 rings (SSSR count). The van der Waals surface area contributed by atoms with Gasteiger partial charge in [-0.3, -0.25) is 58.3 Å². The summed E-state index contributed by atoms with van der Waals surface area (Å²) in [6.07, 6.45) is 0.528. The van der Waals surface area contributed by atoms with Crippen LogP contribution in [0.4, 0.5) is 4.79 Å². The number of nitrogens with zero attached hydrogens (tertiary/aromatic N) is 2. The van der Waals surface area contributed by atoms with Crippen LogP contribution >= 0.6 is 0 Å². The summed E-state index contributed by atoms with van der Waals surface area (Å²) in [6.45, 7) is 1.50. The van der Waals surface area contributed by atoms with Gasteiger partial charge in [0, 0.05) is 49.5 Å². The smallest absolute Gasteiger partial charge is 0.414 e. The second-order valence-electron chi connectivity index (χ2n) is 20.9. The minimum absolute atomic E-state index is 0.0134. The highest BCUT2D eigenvalue weighted by molar-refractivity contribution is 5.98. The number of aromatic nitrogens is 1. The molecule has 0 saturated carbocycles. The number of aliphatic imine (C=N–C) groups is 1. The van der Waals surface area contributed by atoms with Crippen molar-refractivity contribution in [1.82, 2.24) is 52.4 Å². The number of imide groups is 1. The number of carbonyl (C=O) groups is 11. The number of H-pyrrole nitrogens is 1. The van der Waals surface area contributed by atoms with Crippen molar-refractivity contribution in [3.8, 4) is 5.75 Å². The van der Waals surface area contributed by atoms with E-state index in [0.29, 0.717) is 34.0 Å². The number of likely N-dealkylation sites (tertiary alicyclic amines) is 1. The quantitative estimate of drug-likeness (QED) is 0.0136. The van der Waals surface area contributed by atoms with Crippen molar-refractivity contribution in [3.05, 3.63) is 102 Å². The molecule has 19 N–H and O–H groups in total. The molecule has 29 nitrogen and oxygen atoms in total. The second kappa shape index (κ2) is 33.6. The van der Waals surface area contributed by atoms with Crippen LogP contribution in [0.5, 0.6) is 5.75 Å². The molecule has 1 fully saturated rings. The summed E-state index contributed by atoms with van der Waals surface area (Å²) in [7, 11) is 0. The molecular formula is C57H77N15O14. The van der Waals surface area contributed by atoms with Gasteiger partial charge in [0.2, 0.25) is 59.1 Å². The number of phenolic OH excluding ortho intramolecular Hbond substituents is 1. The lowest BCUT2D eigenvalue weighted by molar-refractivity contribution is -0.142. The van der Waals surface area contributed by atoms with Crippen LogP contribution in [-0.2, 0) is 72.1 Å². The highest BCUT2D eigenvalue weighted by atomic mass is 16.5. The Bertz CT molecular complexity index is 3040. The molecule has 0 radical (unpaired) electrons. The molecule has 0 spiro atoms. The summed E-state index contributed by atoms with van der Waals surface area (Å²) < 4.78 is 5.08. The van der Waals surface area contributed by atoms with Crippen LogP contribution in [-0.4, -0.2) is 166 Å². The Hall–Kier alpha value is -9.64. The normalized spacial score (nSPS) is 14.8. The van der Waals surface area contributed by atoms with E-state index in [1.807, 2.05) is 0 Å². The number of fused-ring (bicyclic) bond motifs is 1. The lowest BCUT2D eigenvalue weighted by Crippen LogP contribution is -2.60. The molecule has 1 aliphatic rings. The number of primary amides is 1. The van der Waals surface area contributed by atoms with Crippen molar-refractivity contribution in [3.63, 3.8) is 0 Å². The highest BCUT2D eigenvalue weighted by Crippen LogP contribution is 2.22. The number of aliphatic hydroxyl groups excluding tert-OH is 1. The first-order valence-corrected chi connectivity index (χ1v) is 27.9. The van der Waals surface area contributed by atoms with Gasteiger partial charge in [0.25, 0.3) is 0 Å². The number of rotatable bonds is 32. The zero-order valence-corrected chi connectivity index (χ0v) is 47.8. The fourth-order valence-electron chi connectivity index (χ4n) is 9.24. The Labute approximate surface area is 495 Å². The average Bonchev–Trinajstić information content (AvgIpc) is 2.34. The van der Waals surface area contributed by atoms with Crippen molar-refractivity contribution < 1.29 is 67.7 Å². The number of aromatic amines is 1. The minimum atomic E-state index is -1.75. The Balaban J connectivity index is 1.26. The number of carbonyl (C=O) groups excluding carboxylic acids is 11. The molecule has 2 heterocycles. The van der Waals surface area contributed by atoms with E-state index in [2.05, 4.69) is 52.5 Å². The maximum atomic E-state index is 14.2. The van der Waals surface area contributed by atoms with Crippen molar-refractivity contribution in [2.75, 3.05) is 32.8 Å². The van der Waals surface area contributed by atoms with Gasteiger partial charge < -0.3 is 85.0 Å². The number of phenols is 1. The maximum Gasteiger partial charge on any atom is 0.414 e. The predicted octanol–water partition coefficient (Wildman–Crippen LogP) is -2.56. The summed E-state index contributed by atoms with van der Waals surface area (Å²) in [6, 6.07) is 11.9. The molecule has 1 saturated heterocycles. The zero-order chi connectivity index (χ0) is 62.9. The summed E-state index contributed by atoms with van der Waals surface area (Å²) >= 11 is 0. The summed E-state index contributed by atoms with van der Waals surface area (Å²) in [5.74, 6) is -8.78. The number of alkyl carbamates (subject to hydrolysis) is 1. The number of para-hydroxylation sites is 1. The van der Waals surface area contributed by atoms with Gasteiger partial charge in [0.05, 0.1) is 25.7 Å². The van der Waals surface area contributed by atoms with Crippen LogP contribution in [0.15, 0.2) is 90.1 Å². The van der Waals surface area contributed by atoms with E-state index >= 15 is 0 Å². The lowest BCUT2D eigenvalue weighted by Gasteiger charge is -2.30. The monoisotopic (exact) mass is 1200 g/mol. The predicted molar refractivity (Wildman–Crippen MR) is 312 cm³/mol. The van der Waals surface area contributed by atoms with Crippen LogP contribution in [0.1, 0.15) is 75.5 Å². The fraction of sp³-hybridized carbons (Fsp3) is 0.439. The van der Waals surface area contributed by atoms with Crippen molar-refractivity contribution in [2.24, 2.45) is 33.8 Å². The van der Waals surface area contributed by atoms with E-state index in [1.54, 1.807) is 74.6 Å². The van der Waals surface area contributed by atoms with Crippen molar-refractivity contribution in [2.45, 2.75) is 121 Å². The molecule has 11 amide bonds. The van der Waals surface area contributed by atoms with Crippen molar-refractivity contribution in [1.29, 1.82) is 0 Å². The fourth-order valence-corrected chi connectivity index (χ4v) is 9.24. The molecule has 0 unspecified atom stereocenters. The van der Waals surface area contributed by atoms with Crippen LogP contribution in [0.2, 0.25) is 0 Å². The number of aliphatic hydroxyl groups is 1. The topological polar surface area (TPSA) is 469 Å². The molecule has 0 aliphatic carbocycles. The summed E-state index contributed by atoms with van der Waals surface area (Å²) in [4.78, 5) is 155. The number of hydrogen-bond donors (Lipinski definition) is 15. The van der Waals surface area contributed by atoms with Crippen LogP contribution in [0, 0.1) is 5.92 Å².